The molecule has 1 heterocycles. The molecule has 7 unspecified atom stereocenters. The molecule has 8 heteroatoms. The van der Waals surface area contributed by atoms with Crippen LogP contribution in [0.2, 0.25) is 0 Å². The lowest BCUT2D eigenvalue weighted by molar-refractivity contribution is -0.0922. The zero-order valence-electron chi connectivity index (χ0n) is 21.1. The fourth-order valence-electron chi connectivity index (χ4n) is 7.50. The van der Waals surface area contributed by atoms with Gasteiger partial charge in [-0.2, -0.15) is 5.10 Å². The zero-order valence-corrected chi connectivity index (χ0v) is 21.1. The number of hydrogen-bond donors (Lipinski definition) is 6. The normalized spacial score (nSPS) is 38.4. The molecule has 4 aliphatic rings. The number of aromatic amines is 1. The first-order valence-electron chi connectivity index (χ1n) is 12.9. The van der Waals surface area contributed by atoms with Gasteiger partial charge in [-0.15, -0.1) is 0 Å². The Morgan fingerprint density at radius 2 is 1.94 bits per heavy atom. The molecule has 6 rings (SSSR count). The number of nitrogens with two attached hydrogens (primary N) is 1. The highest BCUT2D eigenvalue weighted by Crippen LogP contribution is 2.60. The number of nitrogen functional groups attached to an aromatic ring is 1. The van der Waals surface area contributed by atoms with Crippen molar-refractivity contribution in [3.63, 3.8) is 0 Å². The third-order valence-electron chi connectivity index (χ3n) is 9.52. The van der Waals surface area contributed by atoms with Gasteiger partial charge in [0, 0.05) is 16.8 Å². The number of likely N-dealkylation sites (N-methyl/N-ethyl adjacent to an activating group) is 1. The monoisotopic (exact) mass is 492 g/mol. The quantitative estimate of drug-likeness (QED) is 0.378. The van der Waals surface area contributed by atoms with Gasteiger partial charge < -0.3 is 31.1 Å². The molecule has 1 aromatic carbocycles. The largest absolute Gasteiger partial charge is 0.388 e. The number of fused-ring (bicyclic) bond motifs is 4. The summed E-state index contributed by atoms with van der Waals surface area (Å²) in [4.78, 5) is 1.87. The summed E-state index contributed by atoms with van der Waals surface area (Å²) in [7, 11) is 3.71. The third kappa shape index (κ3) is 3.28. The second-order valence-corrected chi connectivity index (χ2v) is 11.7. The van der Waals surface area contributed by atoms with Crippen LogP contribution >= 0.6 is 0 Å². The van der Waals surface area contributed by atoms with Gasteiger partial charge in [0.25, 0.3) is 0 Å². The smallest absolute Gasteiger partial charge is 0.153 e. The van der Waals surface area contributed by atoms with Crippen molar-refractivity contribution in [2.45, 2.75) is 69.0 Å². The maximum Gasteiger partial charge on any atom is 0.153 e. The highest BCUT2D eigenvalue weighted by atomic mass is 16.3. The topological polar surface area (TPSA) is 139 Å². The van der Waals surface area contributed by atoms with E-state index in [4.69, 9.17) is 5.73 Å². The molecule has 0 amide bonds. The van der Waals surface area contributed by atoms with E-state index >= 15 is 0 Å². The molecule has 1 saturated carbocycles. The number of rotatable bonds is 2. The molecule has 1 fully saturated rings. The predicted octanol–water partition coefficient (Wildman–Crippen LogP) is 2.12. The molecule has 0 aliphatic heterocycles. The number of nitrogens with one attached hydrogen (secondary N) is 1. The molecule has 1 aromatic heterocycles. The Morgan fingerprint density at radius 3 is 2.69 bits per heavy atom. The number of aliphatic hydroxyl groups is 4. The fourth-order valence-corrected chi connectivity index (χ4v) is 7.50. The first kappa shape index (κ1) is 23.9. The molecule has 4 aliphatic carbocycles. The summed E-state index contributed by atoms with van der Waals surface area (Å²) in [6, 6.07) is 5.81. The number of H-pyrrole nitrogens is 1. The summed E-state index contributed by atoms with van der Waals surface area (Å²) in [5.41, 5.74) is 10.1. The molecular formula is C28H36N4O4. The predicted molar refractivity (Wildman–Crippen MR) is 139 cm³/mol. The summed E-state index contributed by atoms with van der Waals surface area (Å²) < 4.78 is 0. The fraction of sp³-hybridized carbons (Fsp3) is 0.536. The standard InChI is InChI=1S/C28H36N4O4/c1-27-13-23(33)17-11-20-24(34)25(35)22(32(2)3)12-28(20,36)9-8-15(17)19(27)7-6-18(27)14-4-5-16-21(10-14)30-31-26(16)29/h4-6,10-11,19,22-25,33-36H,7-9,12-13H2,1-3H3,(H3,29,30,31). The molecule has 0 spiro atoms. The Labute approximate surface area is 210 Å². The number of aliphatic hydroxyl groups excluding tert-OH is 3. The molecule has 8 nitrogen and oxygen atoms in total. The first-order valence-corrected chi connectivity index (χ1v) is 12.9. The van der Waals surface area contributed by atoms with Crippen molar-refractivity contribution < 1.29 is 20.4 Å². The van der Waals surface area contributed by atoms with E-state index in [1.54, 1.807) is 0 Å². The number of allylic oxidation sites excluding steroid dienone is 3. The van der Waals surface area contributed by atoms with Crippen molar-refractivity contribution in [2.24, 2.45) is 11.3 Å². The molecule has 36 heavy (non-hydrogen) atoms. The van der Waals surface area contributed by atoms with Gasteiger partial charge in [-0.3, -0.25) is 5.10 Å². The van der Waals surface area contributed by atoms with E-state index in [2.05, 4.69) is 35.3 Å². The molecule has 0 radical (unpaired) electrons. The van der Waals surface area contributed by atoms with E-state index in [9.17, 15) is 20.4 Å². The average molecular weight is 493 g/mol. The molecular weight excluding hydrogens is 456 g/mol. The number of nitrogens with zero attached hydrogens (tertiary/aromatic N) is 2. The molecule has 2 aromatic rings. The summed E-state index contributed by atoms with van der Waals surface area (Å²) in [6.07, 6.45) is 4.06. The van der Waals surface area contributed by atoms with Gasteiger partial charge in [-0.1, -0.05) is 30.7 Å². The van der Waals surface area contributed by atoms with Crippen LogP contribution in [-0.2, 0) is 0 Å². The minimum Gasteiger partial charge on any atom is -0.388 e. The number of hydrogen-bond acceptors (Lipinski definition) is 7. The minimum atomic E-state index is -1.22. The van der Waals surface area contributed by atoms with E-state index in [0.29, 0.717) is 37.1 Å². The summed E-state index contributed by atoms with van der Waals surface area (Å²) >= 11 is 0. The van der Waals surface area contributed by atoms with Crippen molar-refractivity contribution in [1.29, 1.82) is 0 Å². The lowest BCUT2D eigenvalue weighted by atomic mass is 9.61. The highest BCUT2D eigenvalue weighted by molar-refractivity contribution is 5.91. The second kappa shape index (κ2) is 8.00. The van der Waals surface area contributed by atoms with Crippen molar-refractivity contribution in [2.75, 3.05) is 19.8 Å². The van der Waals surface area contributed by atoms with Crippen LogP contribution in [0, 0.1) is 11.3 Å². The average Bonchev–Trinajstić information content (AvgIpc) is 3.31. The van der Waals surface area contributed by atoms with E-state index in [1.807, 2.05) is 31.1 Å². The van der Waals surface area contributed by atoms with Gasteiger partial charge in [0.1, 0.15) is 6.10 Å². The lowest BCUT2D eigenvalue weighted by Crippen LogP contribution is -2.58. The van der Waals surface area contributed by atoms with Crippen molar-refractivity contribution in [3.8, 4) is 0 Å². The number of benzene rings is 1. The Morgan fingerprint density at radius 1 is 1.17 bits per heavy atom. The summed E-state index contributed by atoms with van der Waals surface area (Å²) in [5, 5.41) is 53.1. The second-order valence-electron chi connectivity index (χ2n) is 11.7. The van der Waals surface area contributed by atoms with Crippen LogP contribution < -0.4 is 5.73 Å². The SMILES string of the molecule is CN(C)C1CC2(O)CCC3=C(C=C2C(O)C1O)C(O)CC1(C)C(c2ccc4c(N)n[nH]c4c2)=CCC31. The maximum absolute atomic E-state index is 11.7. The highest BCUT2D eigenvalue weighted by Gasteiger charge is 2.53. The van der Waals surface area contributed by atoms with E-state index in [0.717, 1.165) is 34.0 Å². The summed E-state index contributed by atoms with van der Waals surface area (Å²) in [6.45, 7) is 2.23. The Balaban J connectivity index is 1.37. The van der Waals surface area contributed by atoms with Crippen LogP contribution in [-0.4, -0.2) is 79.6 Å². The van der Waals surface area contributed by atoms with Crippen LogP contribution in [0.1, 0.15) is 44.6 Å². The van der Waals surface area contributed by atoms with Crippen molar-refractivity contribution in [3.05, 3.63) is 52.6 Å². The van der Waals surface area contributed by atoms with Gasteiger partial charge in [-0.25, -0.2) is 0 Å². The summed E-state index contributed by atoms with van der Waals surface area (Å²) in [5.74, 6) is 0.680. The zero-order chi connectivity index (χ0) is 25.6. The van der Waals surface area contributed by atoms with Gasteiger partial charge in [0.2, 0.25) is 0 Å². The molecule has 7 N–H and O–H groups in total. The molecule has 7 atom stereocenters. The van der Waals surface area contributed by atoms with Gasteiger partial charge in [0.05, 0.1) is 23.3 Å². The van der Waals surface area contributed by atoms with Crippen LogP contribution in [0.5, 0.6) is 0 Å². The van der Waals surface area contributed by atoms with E-state index in [1.165, 1.54) is 5.57 Å². The van der Waals surface area contributed by atoms with Crippen LogP contribution in [0.25, 0.3) is 16.5 Å². The number of anilines is 1. The van der Waals surface area contributed by atoms with E-state index < -0.39 is 23.9 Å². The maximum atomic E-state index is 11.7. The number of aromatic nitrogens is 2. The van der Waals surface area contributed by atoms with Gasteiger partial charge in [-0.05, 0) is 86.5 Å². The van der Waals surface area contributed by atoms with E-state index in [-0.39, 0.29) is 17.4 Å². The molecule has 0 bridgehead atoms. The van der Waals surface area contributed by atoms with Crippen molar-refractivity contribution >= 4 is 22.3 Å². The van der Waals surface area contributed by atoms with Crippen molar-refractivity contribution in [1.82, 2.24) is 15.1 Å². The van der Waals surface area contributed by atoms with Crippen LogP contribution in [0.4, 0.5) is 5.82 Å². The first-order chi connectivity index (χ1) is 17.0. The molecule has 0 saturated heterocycles. The van der Waals surface area contributed by atoms with Crippen LogP contribution in [0.3, 0.4) is 0 Å². The van der Waals surface area contributed by atoms with Gasteiger partial charge in [0.15, 0.2) is 5.82 Å². The Bertz CT molecular complexity index is 1330. The van der Waals surface area contributed by atoms with Gasteiger partial charge >= 0.3 is 0 Å². The lowest BCUT2D eigenvalue weighted by Gasteiger charge is -2.46. The molecule has 192 valence electrons. The Hall–Kier alpha value is -2.49. The Kier molecular flexibility index (Phi) is 5.31. The van der Waals surface area contributed by atoms with Crippen LogP contribution in [0.15, 0.2) is 47.1 Å². The minimum absolute atomic E-state index is 0.195. The third-order valence-corrected chi connectivity index (χ3v) is 9.52.